The minimum Gasteiger partial charge on any atom is -0.387 e. The lowest BCUT2D eigenvalue weighted by molar-refractivity contribution is -0.122. The van der Waals surface area contributed by atoms with Crippen molar-refractivity contribution in [3.8, 4) is 0 Å². The van der Waals surface area contributed by atoms with Gasteiger partial charge in [0, 0.05) is 6.42 Å². The van der Waals surface area contributed by atoms with Crippen LogP contribution in [0, 0.1) is 0 Å². The van der Waals surface area contributed by atoms with Crippen LogP contribution in [-0.2, 0) is 14.9 Å². The van der Waals surface area contributed by atoms with E-state index >= 15 is 0 Å². The van der Waals surface area contributed by atoms with E-state index in [4.69, 9.17) is 0 Å². The van der Waals surface area contributed by atoms with Gasteiger partial charge in [0.15, 0.2) is 0 Å². The minimum absolute atomic E-state index is 0.276. The Balaban J connectivity index is 3.84. The van der Waals surface area contributed by atoms with E-state index in [2.05, 4.69) is 19.2 Å². The molecular formula is C41H81NO5S. The Kier molecular flexibility index (Phi) is 35.2. The number of unbranched alkanes of at least 4 members (excludes halogenated alkanes) is 30. The van der Waals surface area contributed by atoms with Gasteiger partial charge in [-0.25, -0.2) is 0 Å². The zero-order valence-electron chi connectivity index (χ0n) is 31.9. The predicted molar refractivity (Wildman–Crippen MR) is 207 cm³/mol. The standard InChI is InChI=1S/C41H81NO5S/c1-3-5-7-9-11-13-15-17-18-19-20-21-22-23-24-25-26-28-30-32-34-36-40(43)39(38-48(45,46)47)42-41(44)37-35-33-31-29-27-16-14-12-10-8-6-4-2/h34,36,39-40,43H,3-33,35,37-38H2,1-2H3,(H,42,44)(H,45,46,47)/b36-34+. The van der Waals surface area contributed by atoms with Gasteiger partial charge in [0.25, 0.3) is 10.1 Å². The van der Waals surface area contributed by atoms with Crippen LogP contribution in [0.2, 0.25) is 0 Å². The van der Waals surface area contributed by atoms with Crippen LogP contribution in [0.15, 0.2) is 12.2 Å². The number of nitrogens with one attached hydrogen (secondary N) is 1. The Hall–Kier alpha value is -0.920. The van der Waals surface area contributed by atoms with Crippen molar-refractivity contribution < 1.29 is 22.9 Å². The van der Waals surface area contributed by atoms with Crippen LogP contribution in [0.5, 0.6) is 0 Å². The predicted octanol–water partition coefficient (Wildman–Crippen LogP) is 12.2. The number of hydrogen-bond acceptors (Lipinski definition) is 4. The highest BCUT2D eigenvalue weighted by atomic mass is 32.2. The lowest BCUT2D eigenvalue weighted by atomic mass is 10.0. The molecule has 0 spiro atoms. The van der Waals surface area contributed by atoms with Gasteiger partial charge in [-0.3, -0.25) is 9.35 Å². The summed E-state index contributed by atoms with van der Waals surface area (Å²) >= 11 is 0. The van der Waals surface area contributed by atoms with Gasteiger partial charge in [-0.15, -0.1) is 0 Å². The van der Waals surface area contributed by atoms with Gasteiger partial charge in [-0.1, -0.05) is 212 Å². The van der Waals surface area contributed by atoms with E-state index in [1.54, 1.807) is 6.08 Å². The van der Waals surface area contributed by atoms with Crippen molar-refractivity contribution in [1.82, 2.24) is 5.32 Å². The average Bonchev–Trinajstić information content (AvgIpc) is 3.05. The average molecular weight is 700 g/mol. The molecule has 0 aliphatic carbocycles. The molecule has 2 atom stereocenters. The first-order valence-corrected chi connectivity index (χ1v) is 22.5. The molecule has 286 valence electrons. The lowest BCUT2D eigenvalue weighted by Crippen LogP contribution is -2.46. The van der Waals surface area contributed by atoms with Gasteiger partial charge in [0.1, 0.15) is 0 Å². The second kappa shape index (κ2) is 35.9. The number of aliphatic hydroxyl groups is 1. The normalized spacial score (nSPS) is 13.3. The molecule has 3 N–H and O–H groups in total. The van der Waals surface area contributed by atoms with Crippen molar-refractivity contribution in [2.45, 2.75) is 238 Å². The number of allylic oxidation sites excluding steroid dienone is 1. The highest BCUT2D eigenvalue weighted by Crippen LogP contribution is 2.16. The SMILES string of the molecule is CCCCCCCCCCCCCCCCCCCCC/C=C/C(O)C(CS(=O)(=O)O)NC(=O)CCCCCCCCCCCCCC. The smallest absolute Gasteiger partial charge is 0.267 e. The third-order valence-corrected chi connectivity index (χ3v) is 10.5. The van der Waals surface area contributed by atoms with Crippen LogP contribution < -0.4 is 5.32 Å². The Labute approximate surface area is 299 Å². The van der Waals surface area contributed by atoms with Crippen molar-refractivity contribution in [1.29, 1.82) is 0 Å². The first kappa shape index (κ1) is 47.1. The van der Waals surface area contributed by atoms with E-state index in [0.29, 0.717) is 6.42 Å². The van der Waals surface area contributed by atoms with Gasteiger partial charge in [0.05, 0.1) is 17.9 Å². The summed E-state index contributed by atoms with van der Waals surface area (Å²) in [4.78, 5) is 12.5. The van der Waals surface area contributed by atoms with Crippen LogP contribution in [0.1, 0.15) is 226 Å². The van der Waals surface area contributed by atoms with Crippen molar-refractivity contribution >= 4 is 16.0 Å². The zero-order chi connectivity index (χ0) is 35.4. The van der Waals surface area contributed by atoms with E-state index in [1.807, 2.05) is 6.08 Å². The Bertz CT molecular complexity index is 816. The largest absolute Gasteiger partial charge is 0.387 e. The van der Waals surface area contributed by atoms with Crippen LogP contribution in [0.25, 0.3) is 0 Å². The topological polar surface area (TPSA) is 104 Å². The number of amides is 1. The van der Waals surface area contributed by atoms with Gasteiger partial charge < -0.3 is 10.4 Å². The van der Waals surface area contributed by atoms with Crippen molar-refractivity contribution in [2.24, 2.45) is 0 Å². The molecule has 0 aliphatic rings. The van der Waals surface area contributed by atoms with Gasteiger partial charge >= 0.3 is 0 Å². The zero-order valence-corrected chi connectivity index (χ0v) is 32.7. The fourth-order valence-electron chi connectivity index (χ4n) is 6.57. The Morgan fingerprint density at radius 1 is 0.542 bits per heavy atom. The minimum atomic E-state index is -4.33. The molecule has 0 bridgehead atoms. The van der Waals surface area contributed by atoms with Crippen molar-refractivity contribution in [2.75, 3.05) is 5.75 Å². The number of hydrogen-bond donors (Lipinski definition) is 3. The molecule has 1 amide bonds. The maximum Gasteiger partial charge on any atom is 0.267 e. The second-order valence-electron chi connectivity index (χ2n) is 14.6. The molecule has 2 unspecified atom stereocenters. The number of carbonyl (C=O) groups is 1. The monoisotopic (exact) mass is 700 g/mol. The highest BCUT2D eigenvalue weighted by Gasteiger charge is 2.24. The van der Waals surface area contributed by atoms with Gasteiger partial charge in [0.2, 0.25) is 5.91 Å². The van der Waals surface area contributed by atoms with Gasteiger partial charge in [-0.05, 0) is 19.3 Å². The third-order valence-electron chi connectivity index (χ3n) is 9.71. The van der Waals surface area contributed by atoms with E-state index in [1.165, 1.54) is 167 Å². The van der Waals surface area contributed by atoms with Crippen molar-refractivity contribution in [3.63, 3.8) is 0 Å². The summed E-state index contributed by atoms with van der Waals surface area (Å²) < 4.78 is 32.4. The maximum atomic E-state index is 12.5. The van der Waals surface area contributed by atoms with Crippen LogP contribution in [0.3, 0.4) is 0 Å². The summed E-state index contributed by atoms with van der Waals surface area (Å²) in [6, 6.07) is -1.05. The fraction of sp³-hybridized carbons (Fsp3) is 0.927. The summed E-state index contributed by atoms with van der Waals surface area (Å²) in [6.07, 6.45) is 43.5. The molecule has 0 aliphatic heterocycles. The number of carbonyl (C=O) groups excluding carboxylic acids is 1. The van der Waals surface area contributed by atoms with Crippen molar-refractivity contribution in [3.05, 3.63) is 12.2 Å². The summed E-state index contributed by atoms with van der Waals surface area (Å²) in [5.74, 6) is -0.968. The molecule has 0 aromatic rings. The first-order chi connectivity index (χ1) is 23.3. The first-order valence-electron chi connectivity index (χ1n) is 20.9. The van der Waals surface area contributed by atoms with Gasteiger partial charge in [-0.2, -0.15) is 8.42 Å². The third kappa shape index (κ3) is 36.4. The summed E-state index contributed by atoms with van der Waals surface area (Å²) in [5.41, 5.74) is 0. The molecule has 0 aromatic carbocycles. The molecule has 7 heteroatoms. The molecule has 0 heterocycles. The highest BCUT2D eigenvalue weighted by molar-refractivity contribution is 7.85. The summed E-state index contributed by atoms with van der Waals surface area (Å²) in [7, 11) is -4.33. The Morgan fingerprint density at radius 3 is 1.19 bits per heavy atom. The molecule has 6 nitrogen and oxygen atoms in total. The van der Waals surface area contributed by atoms with Crippen LogP contribution in [-0.4, -0.2) is 41.9 Å². The molecule has 48 heavy (non-hydrogen) atoms. The van der Waals surface area contributed by atoms with Crippen LogP contribution >= 0.6 is 0 Å². The molecule has 0 saturated heterocycles. The molecular weight excluding hydrogens is 619 g/mol. The van der Waals surface area contributed by atoms with E-state index in [0.717, 1.165) is 38.5 Å². The molecule has 0 saturated carbocycles. The molecule has 0 rings (SSSR count). The van der Waals surface area contributed by atoms with E-state index < -0.39 is 28.0 Å². The molecule has 0 aromatic heterocycles. The molecule has 0 radical (unpaired) electrons. The number of aliphatic hydroxyl groups excluding tert-OH is 1. The van der Waals surface area contributed by atoms with E-state index in [-0.39, 0.29) is 5.91 Å². The number of rotatable bonds is 38. The lowest BCUT2D eigenvalue weighted by Gasteiger charge is -2.21. The van der Waals surface area contributed by atoms with Crippen LogP contribution in [0.4, 0.5) is 0 Å². The fourth-order valence-corrected chi connectivity index (χ4v) is 7.30. The maximum absolute atomic E-state index is 12.5. The van der Waals surface area contributed by atoms with E-state index in [9.17, 15) is 22.9 Å². The quantitative estimate of drug-likeness (QED) is 0.0338. The summed E-state index contributed by atoms with van der Waals surface area (Å²) in [6.45, 7) is 4.52. The Morgan fingerprint density at radius 2 is 0.854 bits per heavy atom. The second-order valence-corrected chi connectivity index (χ2v) is 16.1. The summed E-state index contributed by atoms with van der Waals surface area (Å²) in [5, 5.41) is 13.2. The molecule has 0 fully saturated rings.